The van der Waals surface area contributed by atoms with E-state index in [9.17, 15) is 0 Å². The number of benzene rings is 5. The predicted octanol–water partition coefficient (Wildman–Crippen LogP) is 14.1. The molecule has 1 aliphatic heterocycles. The number of hydrogen-bond donors (Lipinski definition) is 0. The molecule has 8 aromatic rings. The first kappa shape index (κ1) is 36.5. The van der Waals surface area contributed by atoms with Crippen molar-refractivity contribution in [3.8, 4) is 51.2 Å². The van der Waals surface area contributed by atoms with Gasteiger partial charge in [-0.05, 0) is 102 Å². The topological polar surface area (TPSA) is 47.1 Å². The summed E-state index contributed by atoms with van der Waals surface area (Å²) in [6.45, 7) is 0. The number of hydrogen-bond acceptors (Lipinski definition) is 4. The third-order valence-electron chi connectivity index (χ3n) is 14.5. The van der Waals surface area contributed by atoms with E-state index < -0.39 is 0 Å². The van der Waals surface area contributed by atoms with Gasteiger partial charge in [-0.15, -0.1) is 0 Å². The second kappa shape index (κ2) is 14.3. The lowest BCUT2D eigenvalue weighted by Gasteiger charge is -2.39. The second-order valence-electron chi connectivity index (χ2n) is 18.0. The molecule has 0 bridgehead atoms. The lowest BCUT2D eigenvalue weighted by atomic mass is 9.79. The summed E-state index contributed by atoms with van der Waals surface area (Å²) < 4.78 is 8.93. The number of anilines is 2. The minimum Gasteiger partial charge on any atom is -0.460 e. The van der Waals surface area contributed by atoms with E-state index in [0.29, 0.717) is 18.3 Å². The fourth-order valence-corrected chi connectivity index (χ4v) is 11.5. The first-order valence-corrected chi connectivity index (χ1v) is 23.0. The van der Waals surface area contributed by atoms with Crippen LogP contribution < -0.4 is 4.90 Å². The molecule has 1 fully saturated rings. The van der Waals surface area contributed by atoms with Crippen molar-refractivity contribution in [1.29, 1.82) is 0 Å². The van der Waals surface area contributed by atoms with E-state index in [0.717, 1.165) is 59.1 Å². The molecule has 5 aliphatic carbocycles. The van der Waals surface area contributed by atoms with Crippen molar-refractivity contribution in [2.45, 2.75) is 43.6 Å². The van der Waals surface area contributed by atoms with Crippen LogP contribution in [0.1, 0.15) is 65.2 Å². The first-order chi connectivity index (χ1) is 32.3. The number of fused-ring (bicyclic) bond motifs is 12. The summed E-state index contributed by atoms with van der Waals surface area (Å²) in [6, 6.07) is 50.2. The van der Waals surface area contributed by atoms with Crippen molar-refractivity contribution in [2.75, 3.05) is 4.90 Å². The number of allylic oxidation sites excluding steroid dienone is 5. The molecule has 0 saturated heterocycles. The van der Waals surface area contributed by atoms with Crippen molar-refractivity contribution in [2.24, 2.45) is 5.92 Å². The third kappa shape index (κ3) is 5.60. The summed E-state index contributed by atoms with van der Waals surface area (Å²) in [5, 5.41) is 1.18. The number of para-hydroxylation sites is 4. The van der Waals surface area contributed by atoms with Crippen LogP contribution in [0.5, 0.6) is 0 Å². The van der Waals surface area contributed by atoms with Gasteiger partial charge in [0.2, 0.25) is 0 Å². The largest absolute Gasteiger partial charge is 0.460 e. The molecular weight excluding hydrogens is 793 g/mol. The molecule has 4 heterocycles. The minimum absolute atomic E-state index is 0.0146. The van der Waals surface area contributed by atoms with Crippen LogP contribution >= 0.6 is 0 Å². The maximum Gasteiger partial charge on any atom is 0.137 e. The zero-order valence-electron chi connectivity index (χ0n) is 35.7. The average Bonchev–Trinajstić information content (AvgIpc) is 4.08. The molecule has 308 valence electrons. The van der Waals surface area contributed by atoms with Gasteiger partial charge in [0, 0.05) is 62.8 Å². The summed E-state index contributed by atoms with van der Waals surface area (Å²) in [4.78, 5) is 13.7. The number of furan rings is 1. The molecule has 5 nitrogen and oxygen atoms in total. The van der Waals surface area contributed by atoms with Gasteiger partial charge in [0.25, 0.3) is 0 Å². The van der Waals surface area contributed by atoms with Gasteiger partial charge >= 0.3 is 0 Å². The second-order valence-corrected chi connectivity index (χ2v) is 18.0. The van der Waals surface area contributed by atoms with E-state index in [1.807, 2.05) is 6.08 Å². The maximum absolute atomic E-state index is 6.47. The standard InChI is InChI=1S/C60H42N4O/c1-4-18-37(19-5-1)50-36-51(47-35-48-41-22-12-15-33-56(41)65-59(48)49-34-46(47)49)62-60(61-50)42-28-16-27-40-39(42)26-17-32-52(40)64-54-30-13-10-24-44(54)57-43-23-8-3-9-29-53(43)63(38-20-6-2-7-21-38)58(57)45-25-11-14-31-55(45)64/h1-2,4-7,9-22,24-27,29-31,33,35-36,42,46,49,52H,23,28,32,34H2. The SMILES string of the molecule is C1#CCc2c3c(n(-c4ccccc4)c2C=C1)-c1ccccc1N(C1CC=CC2=C1C=CCC2c1nc(C2=Cc4c(oc5ccccc45)C4CC24)cc(-c2ccccc2)n1)c1ccccc1-3. The van der Waals surface area contributed by atoms with Gasteiger partial charge in [0.05, 0.1) is 34.5 Å². The highest BCUT2D eigenvalue weighted by Gasteiger charge is 2.48. The van der Waals surface area contributed by atoms with E-state index in [1.54, 1.807) is 0 Å². The summed E-state index contributed by atoms with van der Waals surface area (Å²) in [7, 11) is 0. The molecule has 1 saturated carbocycles. The smallest absolute Gasteiger partial charge is 0.137 e. The Morgan fingerprint density at radius 3 is 2.26 bits per heavy atom. The number of aromatic nitrogens is 3. The van der Waals surface area contributed by atoms with Crippen molar-refractivity contribution < 1.29 is 4.42 Å². The van der Waals surface area contributed by atoms with Gasteiger partial charge in [-0.1, -0.05) is 139 Å². The normalized spacial score (nSPS) is 20.5. The molecule has 6 aliphatic rings. The molecule has 65 heavy (non-hydrogen) atoms. The Kier molecular flexibility index (Phi) is 8.03. The minimum atomic E-state index is -0.0146. The summed E-state index contributed by atoms with van der Waals surface area (Å²) in [6.07, 6.45) is 19.6. The predicted molar refractivity (Wildman–Crippen MR) is 263 cm³/mol. The number of rotatable bonds is 5. The van der Waals surface area contributed by atoms with Gasteiger partial charge in [-0.25, -0.2) is 9.97 Å². The molecule has 5 aromatic carbocycles. The molecule has 0 radical (unpaired) electrons. The molecule has 14 rings (SSSR count). The van der Waals surface area contributed by atoms with Crippen LogP contribution in [0.15, 0.2) is 185 Å². The Morgan fingerprint density at radius 1 is 0.662 bits per heavy atom. The molecule has 0 spiro atoms. The fraction of sp³-hybridized carbons (Fsp3) is 0.133. The van der Waals surface area contributed by atoms with Crippen LogP contribution in [0.2, 0.25) is 0 Å². The molecule has 4 unspecified atom stereocenters. The summed E-state index contributed by atoms with van der Waals surface area (Å²) >= 11 is 0. The molecule has 3 aromatic heterocycles. The van der Waals surface area contributed by atoms with Gasteiger partial charge in [-0.2, -0.15) is 0 Å². The summed E-state index contributed by atoms with van der Waals surface area (Å²) in [5.74, 6) is 9.52. The molecule has 0 N–H and O–H groups in total. The van der Waals surface area contributed by atoms with Crippen LogP contribution in [0.4, 0.5) is 11.4 Å². The van der Waals surface area contributed by atoms with Crippen molar-refractivity contribution >= 4 is 40.1 Å². The van der Waals surface area contributed by atoms with E-state index in [1.165, 1.54) is 72.7 Å². The van der Waals surface area contributed by atoms with Crippen LogP contribution in [-0.2, 0) is 6.42 Å². The van der Waals surface area contributed by atoms with Gasteiger partial charge in [-0.3, -0.25) is 0 Å². The Hall–Kier alpha value is -7.94. The Morgan fingerprint density at radius 2 is 1.38 bits per heavy atom. The van der Waals surface area contributed by atoms with E-state index in [-0.39, 0.29) is 12.0 Å². The highest BCUT2D eigenvalue weighted by atomic mass is 16.3. The van der Waals surface area contributed by atoms with Crippen molar-refractivity contribution in [3.05, 3.63) is 215 Å². The number of nitrogens with zero attached hydrogens (tertiary/aromatic N) is 4. The van der Waals surface area contributed by atoms with Crippen LogP contribution in [-0.4, -0.2) is 20.6 Å². The quantitative estimate of drug-likeness (QED) is 0.162. The van der Waals surface area contributed by atoms with Gasteiger partial charge < -0.3 is 13.9 Å². The third-order valence-corrected chi connectivity index (χ3v) is 14.5. The first-order valence-electron chi connectivity index (χ1n) is 23.0. The van der Waals surface area contributed by atoms with Crippen LogP contribution in [0, 0.1) is 17.8 Å². The summed E-state index contributed by atoms with van der Waals surface area (Å²) in [5.41, 5.74) is 20.1. The molecular formula is C60H42N4O. The van der Waals surface area contributed by atoms with Crippen molar-refractivity contribution in [3.63, 3.8) is 0 Å². The van der Waals surface area contributed by atoms with Crippen LogP contribution in [0.3, 0.4) is 0 Å². The zero-order chi connectivity index (χ0) is 42.6. The molecule has 5 heteroatoms. The maximum atomic E-state index is 6.47. The Balaban J connectivity index is 0.937. The zero-order valence-corrected chi connectivity index (χ0v) is 35.7. The van der Waals surface area contributed by atoms with Gasteiger partial charge in [0.15, 0.2) is 0 Å². The molecule has 0 amide bonds. The fourth-order valence-electron chi connectivity index (χ4n) is 11.5. The van der Waals surface area contributed by atoms with Gasteiger partial charge in [0.1, 0.15) is 17.2 Å². The van der Waals surface area contributed by atoms with Crippen molar-refractivity contribution in [1.82, 2.24) is 14.5 Å². The lowest BCUT2D eigenvalue weighted by Crippen LogP contribution is -2.35. The van der Waals surface area contributed by atoms with Crippen LogP contribution in [0.25, 0.3) is 68.0 Å². The average molecular weight is 835 g/mol. The molecule has 4 atom stereocenters. The highest BCUT2D eigenvalue weighted by Crippen LogP contribution is 2.61. The highest BCUT2D eigenvalue weighted by molar-refractivity contribution is 6.03. The monoisotopic (exact) mass is 834 g/mol. The lowest BCUT2D eigenvalue weighted by molar-refractivity contribution is 0.545. The van der Waals surface area contributed by atoms with E-state index >= 15 is 0 Å². The Labute approximate surface area is 378 Å². The van der Waals surface area contributed by atoms with E-state index in [4.69, 9.17) is 14.4 Å². The van der Waals surface area contributed by atoms with E-state index in [2.05, 4.69) is 197 Å². The Bertz CT molecular complexity index is 3530.